The Bertz CT molecular complexity index is 370. The van der Waals surface area contributed by atoms with Crippen LogP contribution in [0.1, 0.15) is 39.5 Å². The molecule has 0 saturated carbocycles. The highest BCUT2D eigenvalue weighted by Crippen LogP contribution is 2.39. The number of nitrogens with zero attached hydrogens (tertiary/aromatic N) is 1. The lowest BCUT2D eigenvalue weighted by atomic mass is 9.76. The molecule has 0 aliphatic carbocycles. The number of likely N-dealkylation sites (tertiary alicyclic amines) is 1. The van der Waals surface area contributed by atoms with E-state index in [-0.39, 0.29) is 17.9 Å². The highest BCUT2D eigenvalue weighted by molar-refractivity contribution is 5.77. The van der Waals surface area contributed by atoms with Gasteiger partial charge in [0.2, 0.25) is 5.91 Å². The monoisotopic (exact) mass is 268 g/mol. The second-order valence-electron chi connectivity index (χ2n) is 6.19. The zero-order valence-electron chi connectivity index (χ0n) is 11.8. The second-order valence-corrected chi connectivity index (χ2v) is 6.19. The number of carbonyl (C=O) groups excluding carboxylic acids is 1. The van der Waals surface area contributed by atoms with Crippen LogP contribution < -0.4 is 5.32 Å². The molecule has 0 bridgehead atoms. The third-order valence-corrected chi connectivity index (χ3v) is 4.84. The molecule has 0 aromatic heterocycles. The minimum atomic E-state index is -0.692. The van der Waals surface area contributed by atoms with Crippen molar-refractivity contribution < 1.29 is 14.7 Å². The number of rotatable bonds is 3. The van der Waals surface area contributed by atoms with Crippen LogP contribution in [0, 0.1) is 11.3 Å². The molecule has 2 aliphatic rings. The first-order valence-electron chi connectivity index (χ1n) is 7.20. The largest absolute Gasteiger partial charge is 0.481 e. The van der Waals surface area contributed by atoms with Crippen molar-refractivity contribution in [3.63, 3.8) is 0 Å². The van der Waals surface area contributed by atoms with Crippen molar-refractivity contribution in [2.24, 2.45) is 11.3 Å². The van der Waals surface area contributed by atoms with Crippen LogP contribution in [0.4, 0.5) is 0 Å². The summed E-state index contributed by atoms with van der Waals surface area (Å²) in [5.74, 6) is -0.474. The van der Waals surface area contributed by atoms with E-state index in [0.717, 1.165) is 25.9 Å². The van der Waals surface area contributed by atoms with E-state index in [9.17, 15) is 14.7 Å². The van der Waals surface area contributed by atoms with Crippen LogP contribution in [-0.2, 0) is 9.59 Å². The molecule has 2 heterocycles. The first-order valence-corrected chi connectivity index (χ1v) is 7.20. The number of hydrogen-bond donors (Lipinski definition) is 2. The maximum atomic E-state index is 11.6. The van der Waals surface area contributed by atoms with Crippen molar-refractivity contribution in [2.75, 3.05) is 19.6 Å². The van der Waals surface area contributed by atoms with Crippen LogP contribution in [0.3, 0.4) is 0 Å². The molecular formula is C14H24N2O3. The molecular weight excluding hydrogens is 244 g/mol. The first kappa shape index (κ1) is 14.3. The number of aliphatic carboxylic acids is 1. The molecule has 2 unspecified atom stereocenters. The van der Waals surface area contributed by atoms with E-state index in [1.807, 2.05) is 13.8 Å². The van der Waals surface area contributed by atoms with Crippen LogP contribution in [0.5, 0.6) is 0 Å². The summed E-state index contributed by atoms with van der Waals surface area (Å²) in [4.78, 5) is 25.5. The fourth-order valence-electron chi connectivity index (χ4n) is 3.33. The van der Waals surface area contributed by atoms with Crippen LogP contribution in [0.2, 0.25) is 0 Å². The SMILES string of the molecule is CC(C)C1(C(=O)O)CCN(C2CCCNC(=O)C2)C1. The fourth-order valence-corrected chi connectivity index (χ4v) is 3.33. The van der Waals surface area contributed by atoms with Crippen molar-refractivity contribution in [1.29, 1.82) is 0 Å². The normalized spacial score (nSPS) is 33.2. The van der Waals surface area contributed by atoms with Gasteiger partial charge in [0, 0.05) is 25.6 Å². The summed E-state index contributed by atoms with van der Waals surface area (Å²) < 4.78 is 0. The molecule has 2 atom stereocenters. The number of carboxylic acid groups (broad SMARTS) is 1. The maximum absolute atomic E-state index is 11.6. The molecule has 0 spiro atoms. The average Bonchev–Trinajstić information content (AvgIpc) is 2.69. The van der Waals surface area contributed by atoms with Crippen LogP contribution in [0.15, 0.2) is 0 Å². The van der Waals surface area contributed by atoms with Gasteiger partial charge in [0.25, 0.3) is 0 Å². The second kappa shape index (κ2) is 5.49. The van der Waals surface area contributed by atoms with E-state index < -0.39 is 11.4 Å². The first-order chi connectivity index (χ1) is 8.95. The molecule has 2 N–H and O–H groups in total. The van der Waals surface area contributed by atoms with E-state index in [1.54, 1.807) is 0 Å². The molecule has 2 rings (SSSR count). The van der Waals surface area contributed by atoms with Gasteiger partial charge >= 0.3 is 5.97 Å². The van der Waals surface area contributed by atoms with Gasteiger partial charge in [-0.05, 0) is 31.7 Å². The van der Waals surface area contributed by atoms with Gasteiger partial charge in [-0.1, -0.05) is 13.8 Å². The van der Waals surface area contributed by atoms with Gasteiger partial charge in [0.1, 0.15) is 0 Å². The molecule has 0 radical (unpaired) electrons. The average molecular weight is 268 g/mol. The Kier molecular flexibility index (Phi) is 4.13. The molecule has 0 aromatic rings. The lowest BCUT2D eigenvalue weighted by Gasteiger charge is -2.31. The summed E-state index contributed by atoms with van der Waals surface area (Å²) in [6, 6.07) is 0.211. The van der Waals surface area contributed by atoms with E-state index >= 15 is 0 Å². The van der Waals surface area contributed by atoms with Crippen molar-refractivity contribution in [3.05, 3.63) is 0 Å². The smallest absolute Gasteiger partial charge is 0.311 e. The lowest BCUT2D eigenvalue weighted by Crippen LogP contribution is -2.42. The minimum absolute atomic E-state index is 0.0971. The zero-order chi connectivity index (χ0) is 14.0. The Labute approximate surface area is 114 Å². The van der Waals surface area contributed by atoms with Crippen LogP contribution in [-0.4, -0.2) is 47.6 Å². The number of carbonyl (C=O) groups is 2. The van der Waals surface area contributed by atoms with Gasteiger partial charge in [-0.3, -0.25) is 14.5 Å². The molecule has 5 nitrogen and oxygen atoms in total. The lowest BCUT2D eigenvalue weighted by molar-refractivity contribution is -0.151. The molecule has 5 heteroatoms. The van der Waals surface area contributed by atoms with Crippen LogP contribution in [0.25, 0.3) is 0 Å². The standard InChI is InChI=1S/C14H24N2O3/c1-10(2)14(13(18)19)5-7-16(9-14)11-4-3-6-15-12(17)8-11/h10-11H,3-9H2,1-2H3,(H,15,17)(H,18,19). The maximum Gasteiger partial charge on any atom is 0.311 e. The quantitative estimate of drug-likeness (QED) is 0.804. The summed E-state index contributed by atoms with van der Waals surface area (Å²) in [5.41, 5.74) is -0.636. The van der Waals surface area contributed by atoms with Crippen molar-refractivity contribution in [1.82, 2.24) is 10.2 Å². The summed E-state index contributed by atoms with van der Waals surface area (Å²) in [5, 5.41) is 12.4. The van der Waals surface area contributed by atoms with E-state index in [4.69, 9.17) is 0 Å². The van der Waals surface area contributed by atoms with Crippen molar-refractivity contribution in [3.8, 4) is 0 Å². The Morgan fingerprint density at radius 2 is 2.26 bits per heavy atom. The Morgan fingerprint density at radius 3 is 2.84 bits per heavy atom. The minimum Gasteiger partial charge on any atom is -0.481 e. The zero-order valence-corrected chi connectivity index (χ0v) is 11.8. The number of hydrogen-bond acceptors (Lipinski definition) is 3. The highest BCUT2D eigenvalue weighted by atomic mass is 16.4. The van der Waals surface area contributed by atoms with E-state index in [2.05, 4.69) is 10.2 Å². The Balaban J connectivity index is 2.08. The molecule has 1 amide bonds. The van der Waals surface area contributed by atoms with Gasteiger partial charge in [-0.15, -0.1) is 0 Å². The number of nitrogens with one attached hydrogen (secondary N) is 1. The Hall–Kier alpha value is -1.10. The van der Waals surface area contributed by atoms with Crippen LogP contribution >= 0.6 is 0 Å². The Morgan fingerprint density at radius 1 is 1.53 bits per heavy atom. The predicted octanol–water partition coefficient (Wildman–Crippen LogP) is 1.09. The molecule has 2 fully saturated rings. The fraction of sp³-hybridized carbons (Fsp3) is 0.857. The third-order valence-electron chi connectivity index (χ3n) is 4.84. The summed E-state index contributed by atoms with van der Waals surface area (Å²) in [7, 11) is 0. The molecule has 2 aliphatic heterocycles. The molecule has 0 aromatic carbocycles. The van der Waals surface area contributed by atoms with E-state index in [0.29, 0.717) is 19.4 Å². The molecule has 19 heavy (non-hydrogen) atoms. The third kappa shape index (κ3) is 2.76. The van der Waals surface area contributed by atoms with Crippen molar-refractivity contribution in [2.45, 2.75) is 45.6 Å². The van der Waals surface area contributed by atoms with Gasteiger partial charge < -0.3 is 10.4 Å². The van der Waals surface area contributed by atoms with Crippen molar-refractivity contribution >= 4 is 11.9 Å². The molecule has 2 saturated heterocycles. The van der Waals surface area contributed by atoms with Gasteiger partial charge in [0.15, 0.2) is 0 Å². The summed E-state index contributed by atoms with van der Waals surface area (Å²) >= 11 is 0. The number of carboxylic acids is 1. The highest BCUT2D eigenvalue weighted by Gasteiger charge is 2.48. The summed E-state index contributed by atoms with van der Waals surface area (Å²) in [6.07, 6.45) is 3.16. The number of amides is 1. The van der Waals surface area contributed by atoms with Gasteiger partial charge in [-0.2, -0.15) is 0 Å². The summed E-state index contributed by atoms with van der Waals surface area (Å²) in [6.45, 7) is 6.09. The van der Waals surface area contributed by atoms with Gasteiger partial charge in [-0.25, -0.2) is 0 Å². The topological polar surface area (TPSA) is 69.6 Å². The van der Waals surface area contributed by atoms with Gasteiger partial charge in [0.05, 0.1) is 5.41 Å². The predicted molar refractivity (Wildman–Crippen MR) is 71.7 cm³/mol. The molecule has 108 valence electrons. The van der Waals surface area contributed by atoms with E-state index in [1.165, 1.54) is 0 Å².